The molecule has 1 aromatic heterocycles. The van der Waals surface area contributed by atoms with Crippen molar-refractivity contribution in [3.05, 3.63) is 22.4 Å². The quantitative estimate of drug-likeness (QED) is 0.823. The van der Waals surface area contributed by atoms with Gasteiger partial charge in [0.1, 0.15) is 0 Å². The Morgan fingerprint density at radius 2 is 2.35 bits per heavy atom. The van der Waals surface area contributed by atoms with Crippen molar-refractivity contribution in [1.29, 1.82) is 0 Å². The summed E-state index contributed by atoms with van der Waals surface area (Å²) in [6.45, 7) is 3.31. The summed E-state index contributed by atoms with van der Waals surface area (Å²) in [6.07, 6.45) is 7.45. The molecule has 2 fully saturated rings. The molecule has 0 spiro atoms. The van der Waals surface area contributed by atoms with Crippen molar-refractivity contribution in [1.82, 2.24) is 5.32 Å². The van der Waals surface area contributed by atoms with E-state index in [1.165, 1.54) is 37.0 Å². The van der Waals surface area contributed by atoms with Gasteiger partial charge in [-0.05, 0) is 61.4 Å². The highest BCUT2D eigenvalue weighted by Gasteiger charge is 2.40. The number of hydrogen-bond donors (Lipinski definition) is 1. The minimum absolute atomic E-state index is 0.615. The molecule has 0 aliphatic heterocycles. The second kappa shape index (κ2) is 5.11. The predicted molar refractivity (Wildman–Crippen MR) is 74.3 cm³/mol. The van der Waals surface area contributed by atoms with Crippen LogP contribution in [-0.2, 0) is 0 Å². The van der Waals surface area contributed by atoms with Gasteiger partial charge in [0.25, 0.3) is 0 Å². The van der Waals surface area contributed by atoms with E-state index in [2.05, 4.69) is 29.8 Å². The molecule has 0 amide bonds. The Morgan fingerprint density at radius 3 is 2.94 bits per heavy atom. The molecular weight excluding hydrogens is 226 g/mol. The Kier molecular flexibility index (Phi) is 3.53. The van der Waals surface area contributed by atoms with E-state index >= 15 is 0 Å². The predicted octanol–water partition coefficient (Wildman–Crippen LogP) is 4.23. The Hall–Kier alpha value is -0.340. The third-order valence-electron chi connectivity index (χ3n) is 4.76. The topological polar surface area (TPSA) is 12.0 Å². The van der Waals surface area contributed by atoms with E-state index in [9.17, 15) is 0 Å². The molecule has 2 bridgehead atoms. The van der Waals surface area contributed by atoms with Gasteiger partial charge in [-0.3, -0.25) is 0 Å². The number of hydrogen-bond acceptors (Lipinski definition) is 2. The van der Waals surface area contributed by atoms with Crippen molar-refractivity contribution >= 4 is 11.3 Å². The fraction of sp³-hybridized carbons (Fsp3) is 0.733. The second-order valence-corrected chi connectivity index (χ2v) is 6.78. The molecule has 2 saturated carbocycles. The fourth-order valence-corrected chi connectivity index (χ4v) is 4.82. The number of thiophene rings is 1. The van der Waals surface area contributed by atoms with Gasteiger partial charge in [0, 0.05) is 10.9 Å². The number of fused-ring (bicyclic) bond motifs is 2. The van der Waals surface area contributed by atoms with Crippen molar-refractivity contribution in [3.8, 4) is 0 Å². The zero-order valence-electron chi connectivity index (χ0n) is 10.7. The van der Waals surface area contributed by atoms with E-state index in [4.69, 9.17) is 0 Å². The monoisotopic (exact) mass is 249 g/mol. The molecule has 2 aliphatic rings. The van der Waals surface area contributed by atoms with E-state index in [1.54, 1.807) is 0 Å². The first kappa shape index (κ1) is 11.7. The first-order chi connectivity index (χ1) is 8.36. The van der Waals surface area contributed by atoms with Crippen molar-refractivity contribution in [2.75, 3.05) is 6.54 Å². The van der Waals surface area contributed by atoms with Crippen LogP contribution in [0.5, 0.6) is 0 Å². The molecule has 1 heterocycles. The summed E-state index contributed by atoms with van der Waals surface area (Å²) in [5.41, 5.74) is 0. The summed E-state index contributed by atoms with van der Waals surface area (Å²) in [4.78, 5) is 1.54. The zero-order valence-corrected chi connectivity index (χ0v) is 11.5. The summed E-state index contributed by atoms with van der Waals surface area (Å²) in [5, 5.41) is 5.89. The van der Waals surface area contributed by atoms with Crippen molar-refractivity contribution in [2.45, 2.75) is 45.1 Å². The van der Waals surface area contributed by atoms with Gasteiger partial charge >= 0.3 is 0 Å². The van der Waals surface area contributed by atoms with E-state index in [1.807, 2.05) is 11.3 Å². The molecule has 1 nitrogen and oxygen atoms in total. The Labute approximate surface area is 109 Å². The van der Waals surface area contributed by atoms with Crippen LogP contribution < -0.4 is 5.32 Å². The lowest BCUT2D eigenvalue weighted by Gasteiger charge is -2.26. The standard InChI is InChI=1S/C15H23NS/c1-2-16-14(15-4-3-7-17-15)10-13-9-11-5-6-12(13)8-11/h3-4,7,11-14,16H,2,5-6,8-10H2,1H3. The maximum Gasteiger partial charge on any atom is 0.0417 e. The Balaban J connectivity index is 1.65. The van der Waals surface area contributed by atoms with Gasteiger partial charge < -0.3 is 5.32 Å². The molecule has 0 aromatic carbocycles. The average molecular weight is 249 g/mol. The van der Waals surface area contributed by atoms with Gasteiger partial charge in [-0.25, -0.2) is 0 Å². The SMILES string of the molecule is CCNC(CC1CC2CCC1C2)c1cccs1. The summed E-state index contributed by atoms with van der Waals surface area (Å²) < 4.78 is 0. The summed E-state index contributed by atoms with van der Waals surface area (Å²) >= 11 is 1.91. The van der Waals surface area contributed by atoms with Crippen molar-refractivity contribution < 1.29 is 0 Å². The average Bonchev–Trinajstić information content (AvgIpc) is 3.06. The summed E-state index contributed by atoms with van der Waals surface area (Å²) in [7, 11) is 0. The molecule has 4 unspecified atom stereocenters. The van der Waals surface area contributed by atoms with Crippen molar-refractivity contribution in [3.63, 3.8) is 0 Å². The molecular formula is C15H23NS. The van der Waals surface area contributed by atoms with Gasteiger partial charge in [0.2, 0.25) is 0 Å². The van der Waals surface area contributed by atoms with Crippen LogP contribution in [0.4, 0.5) is 0 Å². The molecule has 17 heavy (non-hydrogen) atoms. The van der Waals surface area contributed by atoms with E-state index < -0.39 is 0 Å². The maximum absolute atomic E-state index is 3.68. The Morgan fingerprint density at radius 1 is 1.41 bits per heavy atom. The molecule has 0 saturated heterocycles. The Bertz CT molecular complexity index is 346. The highest BCUT2D eigenvalue weighted by molar-refractivity contribution is 7.10. The highest BCUT2D eigenvalue weighted by Crippen LogP contribution is 2.51. The summed E-state index contributed by atoms with van der Waals surface area (Å²) in [6, 6.07) is 5.10. The van der Waals surface area contributed by atoms with Crippen LogP contribution in [0.1, 0.15) is 49.9 Å². The van der Waals surface area contributed by atoms with E-state index in [0.717, 1.165) is 24.3 Å². The van der Waals surface area contributed by atoms with Crippen LogP contribution in [-0.4, -0.2) is 6.54 Å². The van der Waals surface area contributed by atoms with E-state index in [0.29, 0.717) is 6.04 Å². The highest BCUT2D eigenvalue weighted by atomic mass is 32.1. The molecule has 4 atom stereocenters. The second-order valence-electron chi connectivity index (χ2n) is 5.80. The third-order valence-corrected chi connectivity index (χ3v) is 5.75. The van der Waals surface area contributed by atoms with Crippen LogP contribution in [0.3, 0.4) is 0 Å². The fourth-order valence-electron chi connectivity index (χ4n) is 4.00. The number of nitrogens with one attached hydrogen (secondary N) is 1. The lowest BCUT2D eigenvalue weighted by molar-refractivity contribution is 0.282. The van der Waals surface area contributed by atoms with Crippen LogP contribution in [0.2, 0.25) is 0 Å². The maximum atomic E-state index is 3.68. The van der Waals surface area contributed by atoms with Crippen LogP contribution in [0, 0.1) is 17.8 Å². The molecule has 0 radical (unpaired) electrons. The van der Waals surface area contributed by atoms with E-state index in [-0.39, 0.29) is 0 Å². The van der Waals surface area contributed by atoms with Crippen LogP contribution in [0.25, 0.3) is 0 Å². The van der Waals surface area contributed by atoms with Crippen LogP contribution >= 0.6 is 11.3 Å². The minimum Gasteiger partial charge on any atom is -0.310 e. The molecule has 1 N–H and O–H groups in total. The minimum atomic E-state index is 0.615. The first-order valence-electron chi connectivity index (χ1n) is 7.13. The van der Waals surface area contributed by atoms with Gasteiger partial charge in [-0.15, -0.1) is 11.3 Å². The molecule has 2 aliphatic carbocycles. The lowest BCUT2D eigenvalue weighted by atomic mass is 9.84. The van der Waals surface area contributed by atoms with Crippen molar-refractivity contribution in [2.24, 2.45) is 17.8 Å². The van der Waals surface area contributed by atoms with Gasteiger partial charge in [0.05, 0.1) is 0 Å². The number of rotatable bonds is 5. The third kappa shape index (κ3) is 2.43. The zero-order chi connectivity index (χ0) is 11.7. The molecule has 3 rings (SSSR count). The smallest absolute Gasteiger partial charge is 0.0417 e. The molecule has 94 valence electrons. The molecule has 1 aromatic rings. The van der Waals surface area contributed by atoms with Crippen LogP contribution in [0.15, 0.2) is 17.5 Å². The largest absolute Gasteiger partial charge is 0.310 e. The normalized spacial score (nSPS) is 33.1. The van der Waals surface area contributed by atoms with Gasteiger partial charge in [-0.1, -0.05) is 19.4 Å². The van der Waals surface area contributed by atoms with Gasteiger partial charge in [0.15, 0.2) is 0 Å². The summed E-state index contributed by atoms with van der Waals surface area (Å²) in [5.74, 6) is 3.14. The first-order valence-corrected chi connectivity index (χ1v) is 8.01. The lowest BCUT2D eigenvalue weighted by Crippen LogP contribution is -2.24. The van der Waals surface area contributed by atoms with Gasteiger partial charge in [-0.2, -0.15) is 0 Å². The molecule has 2 heteroatoms.